The van der Waals surface area contributed by atoms with Gasteiger partial charge in [-0.25, -0.2) is 0 Å². The Morgan fingerprint density at radius 3 is 2.67 bits per heavy atom. The molecule has 0 N–H and O–H groups in total. The molecule has 0 aliphatic heterocycles. The van der Waals surface area contributed by atoms with E-state index in [0.29, 0.717) is 0 Å². The van der Waals surface area contributed by atoms with Crippen molar-refractivity contribution in [3.05, 3.63) is 24.0 Å². The second kappa shape index (κ2) is 3.13. The first-order valence-corrected chi connectivity index (χ1v) is 4.00. The van der Waals surface area contributed by atoms with Crippen LogP contribution < -0.4 is 0 Å². The highest BCUT2D eigenvalue weighted by molar-refractivity contribution is 5.60. The van der Waals surface area contributed by atoms with Crippen LogP contribution in [0.3, 0.4) is 0 Å². The molecule has 1 unspecified atom stereocenters. The first-order chi connectivity index (χ1) is 5.60. The highest BCUT2D eigenvalue weighted by atomic mass is 16.5. The van der Waals surface area contributed by atoms with Gasteiger partial charge in [0.2, 0.25) is 0 Å². The zero-order chi connectivity index (χ0) is 9.19. The third kappa shape index (κ3) is 1.58. The molecule has 66 valence electrons. The lowest BCUT2D eigenvalue weighted by Gasteiger charge is -2.28. The maximum atomic E-state index is 10.6. The number of carbonyl (C=O) groups excluding carboxylic acids is 1. The molecule has 0 amide bonds. The average molecular weight is 166 g/mol. The fraction of sp³-hybridized carbons (Fsp3) is 0.500. The first kappa shape index (κ1) is 9.04. The maximum absolute atomic E-state index is 10.6. The molecule has 0 spiro atoms. The summed E-state index contributed by atoms with van der Waals surface area (Å²) in [5.74, 6) is 0.800. The molecule has 2 heteroatoms. The van der Waals surface area contributed by atoms with Crippen LogP contribution in [0.5, 0.6) is 0 Å². The minimum absolute atomic E-state index is 0.0311. The van der Waals surface area contributed by atoms with Gasteiger partial charge in [-0.15, -0.1) is 0 Å². The molecule has 0 saturated carbocycles. The summed E-state index contributed by atoms with van der Waals surface area (Å²) in [4.78, 5) is 10.6. The second-order valence-electron chi connectivity index (χ2n) is 3.59. The molecule has 2 nitrogen and oxygen atoms in total. The molecule has 0 radical (unpaired) electrons. The minimum atomic E-state index is -0.123. The smallest absolute Gasteiger partial charge is 0.127 e. The van der Waals surface area contributed by atoms with Gasteiger partial charge in [0, 0.05) is 5.92 Å². The monoisotopic (exact) mass is 166 g/mol. The van der Waals surface area contributed by atoms with Gasteiger partial charge in [0.1, 0.15) is 12.0 Å². The number of carbonyl (C=O) groups is 1. The molecule has 0 heterocycles. The number of allylic oxidation sites excluding steroid dienone is 3. The van der Waals surface area contributed by atoms with E-state index >= 15 is 0 Å². The largest absolute Gasteiger partial charge is 0.497 e. The van der Waals surface area contributed by atoms with E-state index in [0.717, 1.165) is 12.0 Å². The van der Waals surface area contributed by atoms with Gasteiger partial charge in [-0.3, -0.25) is 0 Å². The van der Waals surface area contributed by atoms with Crippen molar-refractivity contribution in [2.45, 2.75) is 13.8 Å². The molecule has 0 aromatic carbocycles. The minimum Gasteiger partial charge on any atom is -0.497 e. The van der Waals surface area contributed by atoms with E-state index < -0.39 is 0 Å². The molecule has 0 aromatic rings. The number of hydrogen-bond donors (Lipinski definition) is 0. The van der Waals surface area contributed by atoms with Gasteiger partial charge in [0.15, 0.2) is 0 Å². The van der Waals surface area contributed by atoms with E-state index in [-0.39, 0.29) is 11.3 Å². The summed E-state index contributed by atoms with van der Waals surface area (Å²) in [5, 5.41) is 0. The molecule has 1 aliphatic carbocycles. The van der Waals surface area contributed by atoms with E-state index in [4.69, 9.17) is 4.74 Å². The standard InChI is InChI=1S/C10H14O2/c1-10(2)6-9(12-3)5-4-8(10)7-11/h4-8H,1-3H3. The van der Waals surface area contributed by atoms with Crippen LogP contribution >= 0.6 is 0 Å². The lowest BCUT2D eigenvalue weighted by atomic mass is 9.76. The topological polar surface area (TPSA) is 26.3 Å². The van der Waals surface area contributed by atoms with Crippen LogP contribution in [0.2, 0.25) is 0 Å². The Kier molecular flexibility index (Phi) is 2.36. The lowest BCUT2D eigenvalue weighted by Crippen LogP contribution is -2.24. The zero-order valence-corrected chi connectivity index (χ0v) is 7.70. The van der Waals surface area contributed by atoms with E-state index in [1.165, 1.54) is 0 Å². The van der Waals surface area contributed by atoms with Crippen molar-refractivity contribution in [1.82, 2.24) is 0 Å². The van der Waals surface area contributed by atoms with E-state index in [9.17, 15) is 4.79 Å². The third-order valence-corrected chi connectivity index (χ3v) is 2.22. The van der Waals surface area contributed by atoms with Crippen LogP contribution in [0.4, 0.5) is 0 Å². The number of methoxy groups -OCH3 is 1. The zero-order valence-electron chi connectivity index (χ0n) is 7.70. The van der Waals surface area contributed by atoms with Crippen molar-refractivity contribution in [3.63, 3.8) is 0 Å². The molecule has 1 rings (SSSR count). The van der Waals surface area contributed by atoms with E-state index in [1.807, 2.05) is 32.1 Å². The normalized spacial score (nSPS) is 26.2. The summed E-state index contributed by atoms with van der Waals surface area (Å²) in [6.07, 6.45) is 6.67. The van der Waals surface area contributed by atoms with Crippen LogP contribution in [0.15, 0.2) is 24.0 Å². The summed E-state index contributed by atoms with van der Waals surface area (Å²) in [6.45, 7) is 4.04. The van der Waals surface area contributed by atoms with Crippen molar-refractivity contribution in [2.24, 2.45) is 11.3 Å². The highest BCUT2D eigenvalue weighted by Crippen LogP contribution is 2.33. The Hall–Kier alpha value is -1.05. The van der Waals surface area contributed by atoms with Crippen LogP contribution in [-0.2, 0) is 9.53 Å². The summed E-state index contributed by atoms with van der Waals surface area (Å²) >= 11 is 0. The molecular weight excluding hydrogens is 152 g/mol. The third-order valence-electron chi connectivity index (χ3n) is 2.22. The van der Waals surface area contributed by atoms with Crippen molar-refractivity contribution in [1.29, 1.82) is 0 Å². The average Bonchev–Trinajstić information content (AvgIpc) is 2.02. The molecular formula is C10H14O2. The van der Waals surface area contributed by atoms with Crippen LogP contribution in [0.1, 0.15) is 13.8 Å². The lowest BCUT2D eigenvalue weighted by molar-refractivity contribution is -0.111. The molecule has 12 heavy (non-hydrogen) atoms. The second-order valence-corrected chi connectivity index (χ2v) is 3.59. The quantitative estimate of drug-likeness (QED) is 0.586. The predicted molar refractivity (Wildman–Crippen MR) is 47.6 cm³/mol. The van der Waals surface area contributed by atoms with Gasteiger partial charge in [-0.05, 0) is 17.6 Å². The molecule has 1 aliphatic rings. The summed E-state index contributed by atoms with van der Waals surface area (Å²) in [6, 6.07) is 0. The van der Waals surface area contributed by atoms with Crippen molar-refractivity contribution in [3.8, 4) is 0 Å². The Bertz CT molecular complexity index is 236. The molecule has 0 aromatic heterocycles. The van der Waals surface area contributed by atoms with Gasteiger partial charge in [-0.1, -0.05) is 19.9 Å². The van der Waals surface area contributed by atoms with Crippen molar-refractivity contribution < 1.29 is 9.53 Å². The molecule has 0 fully saturated rings. The fourth-order valence-corrected chi connectivity index (χ4v) is 1.31. The number of rotatable bonds is 2. The number of aldehydes is 1. The summed E-state index contributed by atoms with van der Waals surface area (Å²) in [5.41, 5.74) is -0.123. The predicted octanol–water partition coefficient (Wildman–Crippen LogP) is 1.93. The van der Waals surface area contributed by atoms with Gasteiger partial charge < -0.3 is 9.53 Å². The van der Waals surface area contributed by atoms with Crippen molar-refractivity contribution in [2.75, 3.05) is 7.11 Å². The van der Waals surface area contributed by atoms with Crippen LogP contribution in [-0.4, -0.2) is 13.4 Å². The van der Waals surface area contributed by atoms with E-state index in [1.54, 1.807) is 7.11 Å². The highest BCUT2D eigenvalue weighted by Gasteiger charge is 2.28. The van der Waals surface area contributed by atoms with Gasteiger partial charge in [0.25, 0.3) is 0 Å². The molecule has 1 atom stereocenters. The molecule has 0 bridgehead atoms. The van der Waals surface area contributed by atoms with E-state index in [2.05, 4.69) is 0 Å². The van der Waals surface area contributed by atoms with Gasteiger partial charge in [0.05, 0.1) is 7.11 Å². The fourth-order valence-electron chi connectivity index (χ4n) is 1.31. The Balaban J connectivity index is 2.90. The van der Waals surface area contributed by atoms with Crippen molar-refractivity contribution >= 4 is 6.29 Å². The maximum Gasteiger partial charge on any atom is 0.127 e. The van der Waals surface area contributed by atoms with Gasteiger partial charge >= 0.3 is 0 Å². The van der Waals surface area contributed by atoms with Crippen LogP contribution in [0, 0.1) is 11.3 Å². The summed E-state index contributed by atoms with van der Waals surface area (Å²) in [7, 11) is 1.63. The number of ether oxygens (including phenoxy) is 1. The Morgan fingerprint density at radius 2 is 2.25 bits per heavy atom. The number of hydrogen-bond acceptors (Lipinski definition) is 2. The molecule has 0 saturated heterocycles. The van der Waals surface area contributed by atoms with Crippen LogP contribution in [0.25, 0.3) is 0 Å². The Morgan fingerprint density at radius 1 is 1.58 bits per heavy atom. The first-order valence-electron chi connectivity index (χ1n) is 4.00. The Labute approximate surface area is 72.9 Å². The summed E-state index contributed by atoms with van der Waals surface area (Å²) < 4.78 is 5.08. The van der Waals surface area contributed by atoms with Gasteiger partial charge in [-0.2, -0.15) is 0 Å². The SMILES string of the molecule is COC1=CC(C)(C)C(C=O)C=C1.